The first-order valence-electron chi connectivity index (χ1n) is 8.38. The summed E-state index contributed by atoms with van der Waals surface area (Å²) in [6.45, 7) is 7.58. The molecule has 6 nitrogen and oxygen atoms in total. The number of hydrogen-bond acceptors (Lipinski definition) is 3. The molecule has 1 atom stereocenters. The SMILES string of the molecule is CCc1cccc(C)c1NC(=O)C(C)n1cnc2[nH]c(C)cc2c1=O. The van der Waals surface area contributed by atoms with Gasteiger partial charge in [0.25, 0.3) is 5.56 Å². The van der Waals surface area contributed by atoms with E-state index in [4.69, 9.17) is 0 Å². The molecule has 0 aliphatic carbocycles. The van der Waals surface area contributed by atoms with Crippen molar-refractivity contribution in [3.05, 3.63) is 57.8 Å². The van der Waals surface area contributed by atoms with Gasteiger partial charge < -0.3 is 10.3 Å². The van der Waals surface area contributed by atoms with E-state index < -0.39 is 6.04 Å². The maximum Gasteiger partial charge on any atom is 0.263 e. The lowest BCUT2D eigenvalue weighted by Crippen LogP contribution is -2.32. The van der Waals surface area contributed by atoms with Crippen LogP contribution in [0.2, 0.25) is 0 Å². The van der Waals surface area contributed by atoms with Gasteiger partial charge in [0, 0.05) is 11.4 Å². The van der Waals surface area contributed by atoms with Crippen molar-refractivity contribution in [1.82, 2.24) is 14.5 Å². The van der Waals surface area contributed by atoms with Crippen LogP contribution in [0.15, 0.2) is 35.4 Å². The number of amides is 1. The van der Waals surface area contributed by atoms with Crippen LogP contribution in [0, 0.1) is 13.8 Å². The zero-order valence-corrected chi connectivity index (χ0v) is 14.9. The predicted molar refractivity (Wildman–Crippen MR) is 99.0 cm³/mol. The summed E-state index contributed by atoms with van der Waals surface area (Å²) in [6.07, 6.45) is 2.24. The average molecular weight is 338 g/mol. The monoisotopic (exact) mass is 338 g/mol. The van der Waals surface area contributed by atoms with E-state index >= 15 is 0 Å². The van der Waals surface area contributed by atoms with Gasteiger partial charge in [-0.25, -0.2) is 4.98 Å². The molecule has 3 rings (SSSR count). The number of benzene rings is 1. The van der Waals surface area contributed by atoms with Gasteiger partial charge in [0.15, 0.2) is 0 Å². The number of carbonyl (C=O) groups is 1. The van der Waals surface area contributed by atoms with Gasteiger partial charge in [-0.3, -0.25) is 14.2 Å². The number of nitrogens with zero attached hydrogens (tertiary/aromatic N) is 2. The van der Waals surface area contributed by atoms with E-state index in [1.807, 2.05) is 39.0 Å². The Bertz CT molecular complexity index is 1000. The van der Waals surface area contributed by atoms with Crippen LogP contribution in [0.3, 0.4) is 0 Å². The number of fused-ring (bicyclic) bond motifs is 1. The number of nitrogens with one attached hydrogen (secondary N) is 2. The maximum atomic E-state index is 12.7. The van der Waals surface area contributed by atoms with Crippen LogP contribution in [0.1, 0.15) is 36.7 Å². The van der Waals surface area contributed by atoms with Crippen LogP contribution in [0.5, 0.6) is 0 Å². The third-order valence-electron chi connectivity index (χ3n) is 4.49. The molecule has 1 amide bonds. The predicted octanol–water partition coefficient (Wildman–Crippen LogP) is 3.10. The summed E-state index contributed by atoms with van der Waals surface area (Å²) in [6, 6.07) is 7.02. The smallest absolute Gasteiger partial charge is 0.263 e. The molecule has 0 spiro atoms. The van der Waals surface area contributed by atoms with Gasteiger partial charge in [-0.05, 0) is 44.4 Å². The summed E-state index contributed by atoms with van der Waals surface area (Å²) in [5.74, 6) is -0.237. The molecule has 130 valence electrons. The van der Waals surface area contributed by atoms with E-state index in [9.17, 15) is 9.59 Å². The first kappa shape index (κ1) is 17.0. The van der Waals surface area contributed by atoms with Crippen molar-refractivity contribution in [3.63, 3.8) is 0 Å². The van der Waals surface area contributed by atoms with Crippen LogP contribution in [0.4, 0.5) is 5.69 Å². The number of aryl methyl sites for hydroxylation is 3. The van der Waals surface area contributed by atoms with Crippen molar-refractivity contribution in [2.24, 2.45) is 0 Å². The van der Waals surface area contributed by atoms with Crippen molar-refractivity contribution in [1.29, 1.82) is 0 Å². The van der Waals surface area contributed by atoms with Crippen LogP contribution < -0.4 is 10.9 Å². The summed E-state index contributed by atoms with van der Waals surface area (Å²) in [4.78, 5) is 32.7. The molecular formula is C19H22N4O2. The highest BCUT2D eigenvalue weighted by molar-refractivity contribution is 5.95. The Balaban J connectivity index is 1.94. The van der Waals surface area contributed by atoms with Crippen LogP contribution in [0.25, 0.3) is 11.0 Å². The number of hydrogen-bond donors (Lipinski definition) is 2. The molecule has 0 radical (unpaired) electrons. The number of aromatic amines is 1. The Kier molecular flexibility index (Phi) is 4.44. The highest BCUT2D eigenvalue weighted by Gasteiger charge is 2.19. The Morgan fingerprint density at radius 3 is 2.84 bits per heavy atom. The molecule has 1 unspecified atom stereocenters. The summed E-state index contributed by atoms with van der Waals surface area (Å²) in [7, 11) is 0. The Morgan fingerprint density at radius 1 is 1.36 bits per heavy atom. The van der Waals surface area contributed by atoms with Crippen molar-refractivity contribution in [2.75, 3.05) is 5.32 Å². The molecule has 0 fully saturated rings. The molecule has 0 bridgehead atoms. The maximum absolute atomic E-state index is 12.7. The lowest BCUT2D eigenvalue weighted by Gasteiger charge is -2.18. The largest absolute Gasteiger partial charge is 0.343 e. The Morgan fingerprint density at radius 2 is 2.12 bits per heavy atom. The molecule has 2 N–H and O–H groups in total. The quantitative estimate of drug-likeness (QED) is 0.767. The number of aromatic nitrogens is 3. The molecule has 0 saturated heterocycles. The third kappa shape index (κ3) is 3.07. The second kappa shape index (κ2) is 6.55. The molecular weight excluding hydrogens is 316 g/mol. The van der Waals surface area contributed by atoms with E-state index in [1.54, 1.807) is 13.0 Å². The van der Waals surface area contributed by atoms with Gasteiger partial charge in [-0.2, -0.15) is 0 Å². The van der Waals surface area contributed by atoms with E-state index in [2.05, 4.69) is 15.3 Å². The average Bonchev–Trinajstić information content (AvgIpc) is 2.97. The molecule has 3 aromatic rings. The molecule has 2 heterocycles. The summed E-state index contributed by atoms with van der Waals surface area (Å²) < 4.78 is 1.37. The van der Waals surface area contributed by atoms with Crippen molar-refractivity contribution < 1.29 is 4.79 Å². The van der Waals surface area contributed by atoms with E-state index in [0.29, 0.717) is 11.0 Å². The molecule has 6 heteroatoms. The van der Waals surface area contributed by atoms with Crippen molar-refractivity contribution >= 4 is 22.6 Å². The van der Waals surface area contributed by atoms with Gasteiger partial charge in [0.2, 0.25) is 5.91 Å². The molecule has 1 aromatic carbocycles. The molecule has 0 aliphatic heterocycles. The number of anilines is 1. The number of para-hydroxylation sites is 1. The van der Waals surface area contributed by atoms with Gasteiger partial charge >= 0.3 is 0 Å². The standard InChI is InChI=1S/C19H22N4O2/c1-5-14-8-6-7-11(2)16(14)22-18(24)13(4)23-10-20-17-15(19(23)25)9-12(3)21-17/h6-10,13,21H,5H2,1-4H3,(H,22,24). The number of carbonyl (C=O) groups excluding carboxylic acids is 1. The second-order valence-corrected chi connectivity index (χ2v) is 6.30. The zero-order chi connectivity index (χ0) is 18.1. The molecule has 2 aromatic heterocycles. The topological polar surface area (TPSA) is 79.8 Å². The van der Waals surface area contributed by atoms with Gasteiger partial charge in [-0.1, -0.05) is 25.1 Å². The second-order valence-electron chi connectivity index (χ2n) is 6.30. The van der Waals surface area contributed by atoms with Gasteiger partial charge in [0.05, 0.1) is 5.39 Å². The Labute approximate surface area is 145 Å². The van der Waals surface area contributed by atoms with E-state index in [0.717, 1.165) is 28.9 Å². The van der Waals surface area contributed by atoms with E-state index in [1.165, 1.54) is 10.9 Å². The lowest BCUT2D eigenvalue weighted by atomic mass is 10.1. The van der Waals surface area contributed by atoms with Gasteiger partial charge in [0.1, 0.15) is 18.0 Å². The first-order valence-corrected chi connectivity index (χ1v) is 8.38. The van der Waals surface area contributed by atoms with E-state index in [-0.39, 0.29) is 11.5 Å². The molecule has 0 saturated carbocycles. The Hall–Kier alpha value is -2.89. The highest BCUT2D eigenvalue weighted by atomic mass is 16.2. The fourth-order valence-electron chi connectivity index (χ4n) is 2.98. The number of H-pyrrole nitrogens is 1. The minimum atomic E-state index is -0.663. The highest BCUT2D eigenvalue weighted by Crippen LogP contribution is 2.22. The minimum absolute atomic E-state index is 0.225. The third-order valence-corrected chi connectivity index (χ3v) is 4.49. The zero-order valence-electron chi connectivity index (χ0n) is 14.9. The fraction of sp³-hybridized carbons (Fsp3) is 0.316. The first-order chi connectivity index (χ1) is 11.9. The van der Waals surface area contributed by atoms with Crippen molar-refractivity contribution in [2.45, 2.75) is 40.2 Å². The summed E-state index contributed by atoms with van der Waals surface area (Å²) in [5.41, 5.74) is 4.07. The molecule has 0 aliphatic rings. The number of rotatable bonds is 4. The summed E-state index contributed by atoms with van der Waals surface area (Å²) in [5, 5.41) is 3.46. The van der Waals surface area contributed by atoms with Crippen LogP contribution >= 0.6 is 0 Å². The summed E-state index contributed by atoms with van der Waals surface area (Å²) >= 11 is 0. The fourth-order valence-corrected chi connectivity index (χ4v) is 2.98. The van der Waals surface area contributed by atoms with Crippen LogP contribution in [-0.2, 0) is 11.2 Å². The van der Waals surface area contributed by atoms with Gasteiger partial charge in [-0.15, -0.1) is 0 Å². The van der Waals surface area contributed by atoms with Crippen LogP contribution in [-0.4, -0.2) is 20.4 Å². The lowest BCUT2D eigenvalue weighted by molar-refractivity contribution is -0.118. The molecule has 25 heavy (non-hydrogen) atoms. The minimum Gasteiger partial charge on any atom is -0.343 e. The normalized spacial score (nSPS) is 12.3. The van der Waals surface area contributed by atoms with Crippen molar-refractivity contribution in [3.8, 4) is 0 Å².